The molecular formula is C11H32O2SSi3. The van der Waals surface area contributed by atoms with Crippen LogP contribution in [0.15, 0.2) is 0 Å². The summed E-state index contributed by atoms with van der Waals surface area (Å²) in [5.41, 5.74) is 0. The minimum atomic E-state index is -1.78. The first-order chi connectivity index (χ1) is 7.54. The van der Waals surface area contributed by atoms with Gasteiger partial charge in [0.2, 0.25) is 0 Å². The molecule has 17 heavy (non-hydrogen) atoms. The molecule has 0 heterocycles. The summed E-state index contributed by atoms with van der Waals surface area (Å²) < 4.78 is 11.9. The molecule has 6 heteroatoms. The lowest BCUT2D eigenvalue weighted by molar-refractivity contribution is 0.405. The van der Waals surface area contributed by atoms with Crippen LogP contribution in [0.2, 0.25) is 45.8 Å². The predicted octanol–water partition coefficient (Wildman–Crippen LogP) is 4.30. The quantitative estimate of drug-likeness (QED) is 0.681. The summed E-state index contributed by atoms with van der Waals surface area (Å²) in [7, 11) is -4.10. The van der Waals surface area contributed by atoms with Crippen LogP contribution >= 0.6 is 11.8 Å². The maximum atomic E-state index is 6.03. The molecule has 2 nitrogen and oxygen atoms in total. The van der Waals surface area contributed by atoms with Crippen molar-refractivity contribution in [3.05, 3.63) is 0 Å². The van der Waals surface area contributed by atoms with Crippen molar-refractivity contribution in [2.75, 3.05) is 12.0 Å². The molecule has 0 spiro atoms. The largest absolute Gasteiger partial charge is 0.440 e. The summed E-state index contributed by atoms with van der Waals surface area (Å²) in [5.74, 6) is 1.31. The maximum absolute atomic E-state index is 6.03. The van der Waals surface area contributed by atoms with Crippen LogP contribution in [0, 0.1) is 0 Å². The van der Waals surface area contributed by atoms with E-state index in [1.807, 2.05) is 11.8 Å². The summed E-state index contributed by atoms with van der Waals surface area (Å²) in [6.07, 6.45) is 3.44. The van der Waals surface area contributed by atoms with Crippen LogP contribution in [0.5, 0.6) is 0 Å². The zero-order valence-electron chi connectivity index (χ0n) is 13.2. The van der Waals surface area contributed by atoms with Gasteiger partial charge in [-0.3, -0.25) is 0 Å². The molecule has 0 bridgehead atoms. The molecule has 0 aliphatic carbocycles. The van der Waals surface area contributed by atoms with Crippen molar-refractivity contribution in [1.29, 1.82) is 0 Å². The maximum Gasteiger partial charge on any atom is 0.310 e. The molecule has 106 valence electrons. The van der Waals surface area contributed by atoms with E-state index >= 15 is 0 Å². The van der Waals surface area contributed by atoms with Crippen LogP contribution in [0.4, 0.5) is 0 Å². The van der Waals surface area contributed by atoms with Gasteiger partial charge < -0.3 is 8.23 Å². The molecule has 0 aromatic carbocycles. The van der Waals surface area contributed by atoms with E-state index in [9.17, 15) is 0 Å². The molecule has 0 atom stereocenters. The van der Waals surface area contributed by atoms with Gasteiger partial charge in [0.1, 0.15) is 0 Å². The Morgan fingerprint density at radius 3 is 1.71 bits per heavy atom. The van der Waals surface area contributed by atoms with E-state index in [0.717, 1.165) is 0 Å². The van der Waals surface area contributed by atoms with Crippen molar-refractivity contribution in [2.24, 2.45) is 0 Å². The van der Waals surface area contributed by atoms with Gasteiger partial charge in [0.05, 0.1) is 0 Å². The van der Waals surface area contributed by atoms with Crippen molar-refractivity contribution < 1.29 is 8.23 Å². The minimum absolute atomic E-state index is 0.926. The number of hydrogen-bond donors (Lipinski definition) is 0. The van der Waals surface area contributed by atoms with Gasteiger partial charge in [-0.15, -0.1) is 0 Å². The monoisotopic (exact) mass is 312 g/mol. The average molecular weight is 313 g/mol. The molecule has 0 aromatic rings. The highest BCUT2D eigenvalue weighted by Crippen LogP contribution is 2.15. The Balaban J connectivity index is 0. The van der Waals surface area contributed by atoms with Gasteiger partial charge in [-0.2, -0.15) is 11.8 Å². The van der Waals surface area contributed by atoms with E-state index in [-0.39, 0.29) is 0 Å². The fourth-order valence-corrected chi connectivity index (χ4v) is 13.0. The summed E-state index contributed by atoms with van der Waals surface area (Å²) in [6, 6.07) is 0. The summed E-state index contributed by atoms with van der Waals surface area (Å²) in [5, 5.41) is 0. The molecule has 0 rings (SSSR count). The fraction of sp³-hybridized carbons (Fsp3) is 1.00. The molecule has 0 aromatic heterocycles. The number of rotatable bonds is 6. The summed E-state index contributed by atoms with van der Waals surface area (Å²) in [4.78, 5) is 0. The third-order valence-corrected chi connectivity index (χ3v) is 10.9. The van der Waals surface area contributed by atoms with E-state index in [2.05, 4.69) is 59.0 Å². The van der Waals surface area contributed by atoms with Crippen LogP contribution in [-0.2, 0) is 8.23 Å². The Morgan fingerprint density at radius 1 is 1.06 bits per heavy atom. The molecule has 0 N–H and O–H groups in total. The Kier molecular flexibility index (Phi) is 11.7. The van der Waals surface area contributed by atoms with Gasteiger partial charge >= 0.3 is 8.56 Å². The van der Waals surface area contributed by atoms with E-state index in [4.69, 9.17) is 8.23 Å². The third-order valence-electron chi connectivity index (χ3n) is 1.48. The van der Waals surface area contributed by atoms with Crippen LogP contribution in [0.25, 0.3) is 0 Å². The second-order valence-electron chi connectivity index (χ2n) is 5.77. The van der Waals surface area contributed by atoms with Gasteiger partial charge in [0.15, 0.2) is 17.4 Å². The Morgan fingerprint density at radius 2 is 1.53 bits per heavy atom. The zero-order valence-corrected chi connectivity index (χ0v) is 17.2. The Labute approximate surface area is 117 Å². The van der Waals surface area contributed by atoms with Crippen LogP contribution in [0.1, 0.15) is 13.3 Å². The summed E-state index contributed by atoms with van der Waals surface area (Å²) >= 11 is 1.90. The number of thioether (sulfide) groups is 1. The van der Waals surface area contributed by atoms with Crippen LogP contribution in [-0.4, -0.2) is 37.9 Å². The van der Waals surface area contributed by atoms with Gasteiger partial charge in [-0.05, 0) is 64.3 Å². The van der Waals surface area contributed by atoms with Crippen molar-refractivity contribution in [3.8, 4) is 0 Å². The highest BCUT2D eigenvalue weighted by Gasteiger charge is 2.31. The van der Waals surface area contributed by atoms with E-state index in [1.54, 1.807) is 0 Å². The second-order valence-corrected chi connectivity index (χ2v) is 17.6. The van der Waals surface area contributed by atoms with Crippen molar-refractivity contribution in [1.82, 2.24) is 0 Å². The fourth-order valence-electron chi connectivity index (χ4n) is 1.53. The minimum Gasteiger partial charge on any atom is -0.440 e. The van der Waals surface area contributed by atoms with E-state index in [1.165, 1.54) is 12.2 Å². The van der Waals surface area contributed by atoms with Crippen LogP contribution in [0.3, 0.4) is 0 Å². The highest BCUT2D eigenvalue weighted by atomic mass is 32.2. The van der Waals surface area contributed by atoms with Crippen molar-refractivity contribution in [3.63, 3.8) is 0 Å². The number of hydrogen-bond acceptors (Lipinski definition) is 3. The molecular weight excluding hydrogens is 280 g/mol. The molecule has 0 saturated carbocycles. The van der Waals surface area contributed by atoms with Gasteiger partial charge in [0, 0.05) is 0 Å². The first-order valence-electron chi connectivity index (χ1n) is 6.41. The SMILES string of the molecule is CCCSC.C[SiH](C)O[Si](C)(C)O[Si](C)(C)C. The smallest absolute Gasteiger partial charge is 0.310 e. The normalized spacial score (nSPS) is 12.4. The third kappa shape index (κ3) is 19.4. The average Bonchev–Trinajstić information content (AvgIpc) is 1.98. The molecule has 0 amide bonds. The zero-order chi connectivity index (χ0) is 14.1. The lowest BCUT2D eigenvalue weighted by Gasteiger charge is -2.32. The molecule has 0 aliphatic heterocycles. The molecule has 0 unspecified atom stereocenters. The lowest BCUT2D eigenvalue weighted by Crippen LogP contribution is -2.46. The first-order valence-corrected chi connectivity index (χ1v) is 16.8. The standard InChI is InChI=1S/C7H22O2Si3.C4H10S/c1-10(2)8-12(6,7)9-11(3,4)5;1-3-4-5-2/h10H,1-7H3;3-4H2,1-2H3. The highest BCUT2D eigenvalue weighted by molar-refractivity contribution is 7.98. The Hall–Kier alpha value is 0.921. The molecule has 0 aliphatic rings. The lowest BCUT2D eigenvalue weighted by atomic mass is 10.6. The van der Waals surface area contributed by atoms with Crippen molar-refractivity contribution >= 4 is 37.7 Å². The van der Waals surface area contributed by atoms with Gasteiger partial charge in [-0.1, -0.05) is 6.92 Å². The molecule has 0 radical (unpaired) electrons. The Bertz CT molecular complexity index is 180. The molecule has 0 saturated heterocycles. The van der Waals surface area contributed by atoms with E-state index < -0.39 is 25.9 Å². The van der Waals surface area contributed by atoms with E-state index in [0.29, 0.717) is 0 Å². The molecule has 0 fully saturated rings. The van der Waals surface area contributed by atoms with Crippen molar-refractivity contribution in [2.45, 2.75) is 59.2 Å². The van der Waals surface area contributed by atoms with Gasteiger partial charge in [-0.25, -0.2) is 0 Å². The van der Waals surface area contributed by atoms with Crippen LogP contribution < -0.4 is 0 Å². The second kappa shape index (κ2) is 9.80. The topological polar surface area (TPSA) is 18.5 Å². The predicted molar refractivity (Wildman–Crippen MR) is 90.5 cm³/mol. The van der Waals surface area contributed by atoms with Gasteiger partial charge in [0.25, 0.3) is 0 Å². The summed E-state index contributed by atoms with van der Waals surface area (Å²) in [6.45, 7) is 17.5. The first kappa shape index (κ1) is 20.2.